The number of hydrogen-bond acceptors (Lipinski definition) is 6. The second-order valence-electron chi connectivity index (χ2n) is 8.40. The van der Waals surface area contributed by atoms with Crippen molar-refractivity contribution in [2.75, 3.05) is 0 Å². The molecule has 26 heavy (non-hydrogen) atoms. The second-order valence-corrected chi connectivity index (χ2v) is 8.40. The van der Waals surface area contributed by atoms with Gasteiger partial charge >= 0.3 is 0 Å². The van der Waals surface area contributed by atoms with Crippen LogP contribution in [0.3, 0.4) is 0 Å². The fraction of sp³-hybridized carbons (Fsp3) is 0.737. The third kappa shape index (κ3) is 3.35. The van der Waals surface area contributed by atoms with Crippen LogP contribution < -0.4 is 16.2 Å². The van der Waals surface area contributed by atoms with Crippen molar-refractivity contribution in [2.45, 2.75) is 75.3 Å². The fourth-order valence-corrected chi connectivity index (χ4v) is 4.53. The van der Waals surface area contributed by atoms with Gasteiger partial charge in [0.25, 0.3) is 5.91 Å². The number of nitrogens with zero attached hydrogens (tertiary/aromatic N) is 2. The van der Waals surface area contributed by atoms with Gasteiger partial charge in [0.05, 0.1) is 17.8 Å². The van der Waals surface area contributed by atoms with Gasteiger partial charge in [0.2, 0.25) is 0 Å². The summed E-state index contributed by atoms with van der Waals surface area (Å²) in [5.74, 6) is 1.60. The molecule has 0 spiro atoms. The minimum absolute atomic E-state index is 0.188. The molecule has 5 aliphatic rings. The minimum Gasteiger partial charge on any atom is -0.373 e. The van der Waals surface area contributed by atoms with Crippen LogP contribution in [0.2, 0.25) is 0 Å². The Labute approximate surface area is 153 Å². The fourth-order valence-electron chi connectivity index (χ4n) is 4.53. The molecular formula is C19H27N5O2. The molecule has 0 unspecified atom stereocenters. The Morgan fingerprint density at radius 3 is 2.46 bits per heavy atom. The van der Waals surface area contributed by atoms with Crippen molar-refractivity contribution in [3.8, 4) is 0 Å². The summed E-state index contributed by atoms with van der Waals surface area (Å²) >= 11 is 0. The molecule has 1 aromatic rings. The number of hydrogen-bond donors (Lipinski definition) is 3. The largest absolute Gasteiger partial charge is 0.373 e. The Hall–Kier alpha value is -1.57. The predicted octanol–water partition coefficient (Wildman–Crippen LogP) is 1.18. The first kappa shape index (κ1) is 16.6. The highest BCUT2D eigenvalue weighted by atomic mass is 16.5. The van der Waals surface area contributed by atoms with Crippen LogP contribution in [0.5, 0.6) is 0 Å². The number of aromatic nitrogens is 2. The molecule has 0 saturated heterocycles. The maximum Gasteiger partial charge on any atom is 0.268 e. The van der Waals surface area contributed by atoms with Gasteiger partial charge in [0.1, 0.15) is 6.33 Å². The molecule has 3 atom stereocenters. The van der Waals surface area contributed by atoms with Crippen molar-refractivity contribution >= 4 is 5.91 Å². The number of carbonyl (C=O) groups excluding carboxylic acids is 1. The number of nitrogens with one attached hydrogen (secondary N) is 3. The molecule has 3 N–H and O–H groups in total. The topological polar surface area (TPSA) is 88.2 Å². The van der Waals surface area contributed by atoms with E-state index in [4.69, 9.17) is 4.74 Å². The van der Waals surface area contributed by atoms with Crippen LogP contribution in [0.4, 0.5) is 0 Å². The molecule has 5 aliphatic carbocycles. The van der Waals surface area contributed by atoms with Crippen molar-refractivity contribution in [1.82, 2.24) is 26.1 Å². The molecule has 0 radical (unpaired) electrons. The van der Waals surface area contributed by atoms with Crippen molar-refractivity contribution in [1.29, 1.82) is 0 Å². The van der Waals surface area contributed by atoms with Crippen molar-refractivity contribution in [2.24, 2.45) is 11.8 Å². The first-order valence-electron chi connectivity index (χ1n) is 9.98. The summed E-state index contributed by atoms with van der Waals surface area (Å²) in [4.78, 5) is 20.0. The molecule has 1 amide bonds. The summed E-state index contributed by atoms with van der Waals surface area (Å²) < 4.78 is 6.28. The number of amides is 1. The number of hydrazine groups is 1. The summed E-state index contributed by atoms with van der Waals surface area (Å²) in [6, 6.07) is 1.35. The average molecular weight is 357 g/mol. The molecule has 5 saturated carbocycles. The molecular weight excluding hydrogens is 330 g/mol. The van der Waals surface area contributed by atoms with E-state index in [2.05, 4.69) is 26.1 Å². The first-order chi connectivity index (χ1) is 12.8. The summed E-state index contributed by atoms with van der Waals surface area (Å²) in [5, 5.41) is 3.89. The van der Waals surface area contributed by atoms with E-state index in [0.29, 0.717) is 29.9 Å². The lowest BCUT2D eigenvalue weighted by Crippen LogP contribution is -2.67. The molecule has 0 aromatic carbocycles. The van der Waals surface area contributed by atoms with Crippen LogP contribution in [-0.4, -0.2) is 46.2 Å². The van der Waals surface area contributed by atoms with Gasteiger partial charge in [0, 0.05) is 30.5 Å². The van der Waals surface area contributed by atoms with Crippen molar-refractivity contribution in [3.05, 3.63) is 24.3 Å². The van der Waals surface area contributed by atoms with Crippen LogP contribution in [0, 0.1) is 11.8 Å². The lowest BCUT2D eigenvalue weighted by atomic mass is 9.51. The number of ether oxygens (including phenoxy) is 1. The average Bonchev–Trinajstić information content (AvgIpc) is 3.42. The maximum absolute atomic E-state index is 12.2. The van der Waals surface area contributed by atoms with Gasteiger partial charge in [-0.3, -0.25) is 10.2 Å². The molecule has 1 heterocycles. The van der Waals surface area contributed by atoms with E-state index < -0.39 is 0 Å². The van der Waals surface area contributed by atoms with E-state index in [-0.39, 0.29) is 11.9 Å². The highest BCUT2D eigenvalue weighted by Gasteiger charge is 2.53. The van der Waals surface area contributed by atoms with Crippen LogP contribution in [0.1, 0.15) is 55.3 Å². The molecule has 7 heteroatoms. The third-order valence-electron chi connectivity index (χ3n) is 6.52. The van der Waals surface area contributed by atoms with Gasteiger partial charge < -0.3 is 10.1 Å². The summed E-state index contributed by atoms with van der Waals surface area (Å²) in [7, 11) is 0. The zero-order valence-electron chi connectivity index (χ0n) is 14.9. The van der Waals surface area contributed by atoms with Gasteiger partial charge in [-0.1, -0.05) is 0 Å². The quantitative estimate of drug-likeness (QED) is 0.635. The third-order valence-corrected chi connectivity index (χ3v) is 6.52. The van der Waals surface area contributed by atoms with Gasteiger partial charge in [0.15, 0.2) is 0 Å². The zero-order chi connectivity index (χ0) is 17.5. The summed E-state index contributed by atoms with van der Waals surface area (Å²) in [6.07, 6.45) is 13.6. The van der Waals surface area contributed by atoms with Crippen LogP contribution >= 0.6 is 0 Å². The van der Waals surface area contributed by atoms with Gasteiger partial charge in [-0.05, 0) is 56.8 Å². The smallest absolute Gasteiger partial charge is 0.268 e. The molecule has 140 valence electrons. The number of carbonyl (C=O) groups is 1. The molecule has 5 fully saturated rings. The molecule has 6 rings (SSSR count). The van der Waals surface area contributed by atoms with Gasteiger partial charge in [-0.2, -0.15) is 0 Å². The first-order valence-corrected chi connectivity index (χ1v) is 9.98. The highest BCUT2D eigenvalue weighted by Crippen LogP contribution is 2.53. The van der Waals surface area contributed by atoms with E-state index in [0.717, 1.165) is 31.1 Å². The maximum atomic E-state index is 12.2. The highest BCUT2D eigenvalue weighted by molar-refractivity contribution is 5.93. The Bertz CT molecular complexity index is 639. The van der Waals surface area contributed by atoms with E-state index in [1.807, 2.05) is 0 Å². The van der Waals surface area contributed by atoms with Gasteiger partial charge in [-0.25, -0.2) is 15.4 Å². The van der Waals surface area contributed by atoms with Crippen LogP contribution in [-0.2, 0) is 4.74 Å². The van der Waals surface area contributed by atoms with E-state index in [1.165, 1.54) is 44.4 Å². The Morgan fingerprint density at radius 1 is 1.04 bits per heavy atom. The SMILES string of the molecule is O=C(NN[C@@H]1CC[C@@H](OC2CC2)[C@H](NC2C3CC2C3)C1)c1cncnc1. The normalized spacial score (nSPS) is 38.2. The summed E-state index contributed by atoms with van der Waals surface area (Å²) in [5.41, 5.74) is 6.51. The minimum atomic E-state index is -0.188. The molecule has 2 bridgehead atoms. The van der Waals surface area contributed by atoms with Crippen molar-refractivity contribution < 1.29 is 9.53 Å². The Balaban J connectivity index is 1.15. The molecule has 0 aliphatic heterocycles. The van der Waals surface area contributed by atoms with Crippen molar-refractivity contribution in [3.63, 3.8) is 0 Å². The molecule has 7 nitrogen and oxygen atoms in total. The lowest BCUT2D eigenvalue weighted by Gasteiger charge is -2.60. The number of rotatable bonds is 7. The summed E-state index contributed by atoms with van der Waals surface area (Å²) in [6.45, 7) is 0. The predicted molar refractivity (Wildman–Crippen MR) is 95.1 cm³/mol. The van der Waals surface area contributed by atoms with E-state index in [1.54, 1.807) is 0 Å². The monoisotopic (exact) mass is 357 g/mol. The van der Waals surface area contributed by atoms with E-state index in [9.17, 15) is 4.79 Å². The Morgan fingerprint density at radius 2 is 1.81 bits per heavy atom. The second kappa shape index (κ2) is 6.87. The van der Waals surface area contributed by atoms with E-state index >= 15 is 0 Å². The lowest BCUT2D eigenvalue weighted by molar-refractivity contribution is -0.0764. The zero-order valence-corrected chi connectivity index (χ0v) is 14.9. The Kier molecular flexibility index (Phi) is 4.38. The standard InChI is InChI=1S/C19H27N5O2/c25-19(13-8-20-10-21-9-13)24-23-14-1-4-17(26-15-2-3-15)16(7-14)22-18-11-5-12(18)6-11/h8-12,14-18,22-23H,1-7H2,(H,24,25)/t11?,12?,14-,16-,17-,18?/m1/s1. The van der Waals surface area contributed by atoms with Crippen LogP contribution in [0.15, 0.2) is 18.7 Å². The molecule has 1 aromatic heterocycles. The van der Waals surface area contributed by atoms with Crippen LogP contribution in [0.25, 0.3) is 0 Å². The van der Waals surface area contributed by atoms with Gasteiger partial charge in [-0.15, -0.1) is 0 Å².